The molecule has 0 spiro atoms. The van der Waals surface area contributed by atoms with E-state index in [1.54, 1.807) is 0 Å². The standard InChI is InChI=1S/C17H37N3/c1-4-5-6-7-8-9-10-13-16(19-18)17(20(2)3)14-11-12-15-17/h16,19H,4-15,18H2,1-3H3. The van der Waals surface area contributed by atoms with Crippen molar-refractivity contribution < 1.29 is 0 Å². The third-order valence-electron chi connectivity index (χ3n) is 5.31. The fraction of sp³-hybridized carbons (Fsp3) is 1.00. The fourth-order valence-corrected chi connectivity index (χ4v) is 3.91. The largest absolute Gasteiger partial charge is 0.302 e. The van der Waals surface area contributed by atoms with Crippen LogP contribution in [0.1, 0.15) is 84.0 Å². The summed E-state index contributed by atoms with van der Waals surface area (Å²) in [5, 5.41) is 0. The van der Waals surface area contributed by atoms with Gasteiger partial charge in [-0.05, 0) is 33.4 Å². The van der Waals surface area contributed by atoms with Crippen LogP contribution < -0.4 is 11.3 Å². The van der Waals surface area contributed by atoms with Gasteiger partial charge in [0.15, 0.2) is 0 Å². The number of nitrogens with zero attached hydrogens (tertiary/aromatic N) is 1. The monoisotopic (exact) mass is 283 g/mol. The lowest BCUT2D eigenvalue weighted by atomic mass is 9.84. The van der Waals surface area contributed by atoms with Crippen molar-refractivity contribution in [1.29, 1.82) is 0 Å². The van der Waals surface area contributed by atoms with E-state index in [-0.39, 0.29) is 0 Å². The molecule has 1 fully saturated rings. The van der Waals surface area contributed by atoms with Gasteiger partial charge >= 0.3 is 0 Å². The first-order valence-corrected chi connectivity index (χ1v) is 8.81. The van der Waals surface area contributed by atoms with E-state index < -0.39 is 0 Å². The Hall–Kier alpha value is -0.120. The average molecular weight is 284 g/mol. The maximum absolute atomic E-state index is 5.88. The zero-order chi connectivity index (χ0) is 14.8. The normalized spacial score (nSPS) is 19.6. The molecule has 20 heavy (non-hydrogen) atoms. The molecule has 0 aliphatic heterocycles. The minimum atomic E-state index is 0.303. The van der Waals surface area contributed by atoms with Crippen LogP contribution in [0.25, 0.3) is 0 Å². The van der Waals surface area contributed by atoms with Crippen LogP contribution in [0.3, 0.4) is 0 Å². The number of hydrazine groups is 1. The summed E-state index contributed by atoms with van der Waals surface area (Å²) in [6, 6.07) is 0.454. The smallest absolute Gasteiger partial charge is 0.0394 e. The minimum Gasteiger partial charge on any atom is -0.302 e. The lowest BCUT2D eigenvalue weighted by molar-refractivity contribution is 0.0985. The molecule has 120 valence electrons. The number of unbranched alkanes of at least 4 members (excludes halogenated alkanes) is 6. The molecule has 0 aromatic carbocycles. The van der Waals surface area contributed by atoms with Crippen molar-refractivity contribution in [2.75, 3.05) is 14.1 Å². The SMILES string of the molecule is CCCCCCCCCC(NN)C1(N(C)C)CCCC1. The Kier molecular flexibility index (Phi) is 8.74. The zero-order valence-corrected chi connectivity index (χ0v) is 14.1. The third-order valence-corrected chi connectivity index (χ3v) is 5.31. The average Bonchev–Trinajstić information content (AvgIpc) is 2.92. The lowest BCUT2D eigenvalue weighted by Crippen LogP contribution is -2.59. The molecule has 3 heteroatoms. The van der Waals surface area contributed by atoms with E-state index >= 15 is 0 Å². The van der Waals surface area contributed by atoms with Gasteiger partial charge in [0.05, 0.1) is 0 Å². The van der Waals surface area contributed by atoms with Gasteiger partial charge in [0.25, 0.3) is 0 Å². The molecule has 0 radical (unpaired) electrons. The molecule has 0 bridgehead atoms. The first-order chi connectivity index (χ1) is 9.67. The van der Waals surface area contributed by atoms with Crippen molar-refractivity contribution in [2.45, 2.75) is 95.6 Å². The molecule has 1 unspecified atom stereocenters. The molecule has 0 amide bonds. The summed E-state index contributed by atoms with van der Waals surface area (Å²) >= 11 is 0. The highest BCUT2D eigenvalue weighted by Gasteiger charge is 2.42. The molecule has 1 atom stereocenters. The van der Waals surface area contributed by atoms with Gasteiger partial charge in [-0.25, -0.2) is 0 Å². The van der Waals surface area contributed by atoms with Gasteiger partial charge in [-0.1, -0.05) is 64.7 Å². The number of likely N-dealkylation sites (N-methyl/N-ethyl adjacent to an activating group) is 1. The Bertz CT molecular complexity index is 234. The Morgan fingerprint density at radius 1 is 1.00 bits per heavy atom. The van der Waals surface area contributed by atoms with E-state index in [0.717, 1.165) is 0 Å². The van der Waals surface area contributed by atoms with Crippen molar-refractivity contribution in [3.8, 4) is 0 Å². The van der Waals surface area contributed by atoms with Crippen LogP contribution in [0.15, 0.2) is 0 Å². The Morgan fingerprint density at radius 2 is 1.55 bits per heavy atom. The second-order valence-corrected chi connectivity index (χ2v) is 6.83. The summed E-state index contributed by atoms with van der Waals surface area (Å²) in [5.74, 6) is 5.88. The molecule has 0 aromatic heterocycles. The van der Waals surface area contributed by atoms with Crippen LogP contribution in [0.5, 0.6) is 0 Å². The van der Waals surface area contributed by atoms with Crippen LogP contribution in [0, 0.1) is 0 Å². The molecule has 3 nitrogen and oxygen atoms in total. The predicted molar refractivity (Wildman–Crippen MR) is 88.6 cm³/mol. The molecule has 1 rings (SSSR count). The Labute approximate surface area is 126 Å². The number of hydrogen-bond acceptors (Lipinski definition) is 3. The highest BCUT2D eigenvalue weighted by Crippen LogP contribution is 2.38. The van der Waals surface area contributed by atoms with Gasteiger partial charge in [-0.15, -0.1) is 0 Å². The molecule has 1 aliphatic rings. The summed E-state index contributed by atoms with van der Waals surface area (Å²) in [6.07, 6.45) is 16.2. The topological polar surface area (TPSA) is 41.3 Å². The van der Waals surface area contributed by atoms with E-state index in [0.29, 0.717) is 11.6 Å². The Morgan fingerprint density at radius 3 is 2.05 bits per heavy atom. The van der Waals surface area contributed by atoms with Crippen molar-refractivity contribution in [2.24, 2.45) is 5.84 Å². The van der Waals surface area contributed by atoms with Crippen LogP contribution in [0.2, 0.25) is 0 Å². The zero-order valence-electron chi connectivity index (χ0n) is 14.1. The molecule has 0 heterocycles. The fourth-order valence-electron chi connectivity index (χ4n) is 3.91. The van der Waals surface area contributed by atoms with Crippen molar-refractivity contribution in [3.05, 3.63) is 0 Å². The summed E-state index contributed by atoms with van der Waals surface area (Å²) in [7, 11) is 4.45. The highest BCUT2D eigenvalue weighted by molar-refractivity contribution is 5.01. The molecule has 1 aliphatic carbocycles. The number of nitrogens with two attached hydrogens (primary N) is 1. The minimum absolute atomic E-state index is 0.303. The third kappa shape index (κ3) is 5.01. The molecule has 0 saturated heterocycles. The summed E-state index contributed by atoms with van der Waals surface area (Å²) in [5.41, 5.74) is 3.44. The number of rotatable bonds is 11. The van der Waals surface area contributed by atoms with Gasteiger partial charge in [0.1, 0.15) is 0 Å². The number of hydrogen-bond donors (Lipinski definition) is 2. The number of nitrogens with one attached hydrogen (secondary N) is 1. The Balaban J connectivity index is 2.28. The maximum Gasteiger partial charge on any atom is 0.0394 e. The second kappa shape index (κ2) is 9.75. The second-order valence-electron chi connectivity index (χ2n) is 6.83. The summed E-state index contributed by atoms with van der Waals surface area (Å²) in [4.78, 5) is 2.42. The van der Waals surface area contributed by atoms with Crippen LogP contribution in [-0.4, -0.2) is 30.6 Å². The van der Waals surface area contributed by atoms with E-state index in [9.17, 15) is 0 Å². The molecule has 1 saturated carbocycles. The summed E-state index contributed by atoms with van der Waals surface area (Å²) in [6.45, 7) is 2.28. The van der Waals surface area contributed by atoms with Gasteiger partial charge in [0, 0.05) is 11.6 Å². The van der Waals surface area contributed by atoms with E-state index in [1.807, 2.05) is 0 Å². The van der Waals surface area contributed by atoms with Gasteiger partial charge in [0.2, 0.25) is 0 Å². The molecular weight excluding hydrogens is 246 g/mol. The molecule has 0 aromatic rings. The van der Waals surface area contributed by atoms with Gasteiger partial charge in [-0.2, -0.15) is 0 Å². The van der Waals surface area contributed by atoms with Crippen molar-refractivity contribution >= 4 is 0 Å². The summed E-state index contributed by atoms with van der Waals surface area (Å²) < 4.78 is 0. The van der Waals surface area contributed by atoms with E-state index in [1.165, 1.54) is 77.0 Å². The van der Waals surface area contributed by atoms with Crippen LogP contribution >= 0.6 is 0 Å². The van der Waals surface area contributed by atoms with Crippen molar-refractivity contribution in [3.63, 3.8) is 0 Å². The quantitative estimate of drug-likeness (QED) is 0.344. The van der Waals surface area contributed by atoms with Gasteiger partial charge < -0.3 is 4.90 Å². The van der Waals surface area contributed by atoms with Crippen LogP contribution in [-0.2, 0) is 0 Å². The maximum atomic E-state index is 5.88. The van der Waals surface area contributed by atoms with E-state index in [4.69, 9.17) is 5.84 Å². The first kappa shape index (κ1) is 17.9. The molecular formula is C17H37N3. The highest BCUT2D eigenvalue weighted by atomic mass is 15.3. The van der Waals surface area contributed by atoms with Crippen molar-refractivity contribution in [1.82, 2.24) is 10.3 Å². The lowest BCUT2D eigenvalue weighted by Gasteiger charge is -2.43. The van der Waals surface area contributed by atoms with Gasteiger partial charge in [-0.3, -0.25) is 11.3 Å². The van der Waals surface area contributed by atoms with Crippen LogP contribution in [0.4, 0.5) is 0 Å². The first-order valence-electron chi connectivity index (χ1n) is 8.81. The molecule has 3 N–H and O–H groups in total. The predicted octanol–water partition coefficient (Wildman–Crippen LogP) is 3.83. The van der Waals surface area contributed by atoms with E-state index in [2.05, 4.69) is 31.3 Å².